The van der Waals surface area contributed by atoms with Gasteiger partial charge < -0.3 is 14.4 Å². The number of carbonyl (C=O) groups is 1. The molecule has 2 heterocycles. The van der Waals surface area contributed by atoms with Gasteiger partial charge in [0.25, 0.3) is 0 Å². The minimum atomic E-state index is -0.174. The van der Waals surface area contributed by atoms with Gasteiger partial charge in [-0.3, -0.25) is 9.69 Å². The lowest BCUT2D eigenvalue weighted by Crippen LogP contribution is -2.31. The lowest BCUT2D eigenvalue weighted by molar-refractivity contribution is -0.117. The number of nitriles is 1. The molecule has 0 saturated heterocycles. The molecule has 2 aromatic heterocycles. The van der Waals surface area contributed by atoms with E-state index in [2.05, 4.69) is 16.5 Å². The molecule has 3 rings (SSSR count). The minimum Gasteiger partial charge on any atom is -0.361 e. The molecule has 1 amide bonds. The molecule has 0 fully saturated rings. The first kappa shape index (κ1) is 21.3. The molecule has 30 heavy (non-hydrogen) atoms. The molecule has 7 heteroatoms. The van der Waals surface area contributed by atoms with Crippen LogP contribution < -0.4 is 5.32 Å². The Labute approximate surface area is 176 Å². The van der Waals surface area contributed by atoms with E-state index in [1.165, 1.54) is 0 Å². The number of anilines is 1. The van der Waals surface area contributed by atoms with Crippen molar-refractivity contribution < 1.29 is 9.32 Å². The van der Waals surface area contributed by atoms with Crippen molar-refractivity contribution in [1.82, 2.24) is 14.6 Å². The molecule has 0 unspecified atom stereocenters. The highest BCUT2D eigenvalue weighted by atomic mass is 16.5. The van der Waals surface area contributed by atoms with E-state index >= 15 is 0 Å². The molecule has 0 aliphatic carbocycles. The summed E-state index contributed by atoms with van der Waals surface area (Å²) in [5.74, 6) is 1.13. The van der Waals surface area contributed by atoms with Gasteiger partial charge in [-0.25, -0.2) is 0 Å². The van der Waals surface area contributed by atoms with Crippen LogP contribution in [0.15, 0.2) is 34.9 Å². The van der Waals surface area contributed by atoms with Crippen LogP contribution in [-0.2, 0) is 17.9 Å². The molecule has 0 spiro atoms. The van der Waals surface area contributed by atoms with E-state index in [0.29, 0.717) is 24.5 Å². The van der Waals surface area contributed by atoms with Crippen LogP contribution in [0.2, 0.25) is 0 Å². The SMILES string of the molecule is Cc1noc(C)c1CN(C)CC(=O)Nc1c(C#N)c(C)c(C)n1Cc1ccccc1. The van der Waals surface area contributed by atoms with E-state index in [-0.39, 0.29) is 12.5 Å². The first-order valence-electron chi connectivity index (χ1n) is 9.85. The number of hydrogen-bond acceptors (Lipinski definition) is 5. The molecule has 156 valence electrons. The molecule has 0 aliphatic rings. The Kier molecular flexibility index (Phi) is 6.38. The Morgan fingerprint density at radius 1 is 1.23 bits per heavy atom. The third-order valence-corrected chi connectivity index (χ3v) is 5.41. The van der Waals surface area contributed by atoms with Crippen molar-refractivity contribution >= 4 is 11.7 Å². The summed E-state index contributed by atoms with van der Waals surface area (Å²) in [6, 6.07) is 12.2. The second kappa shape index (κ2) is 8.97. The van der Waals surface area contributed by atoms with Gasteiger partial charge >= 0.3 is 0 Å². The minimum absolute atomic E-state index is 0.174. The lowest BCUT2D eigenvalue weighted by atomic mass is 10.2. The van der Waals surface area contributed by atoms with E-state index in [9.17, 15) is 10.1 Å². The number of nitrogens with one attached hydrogen (secondary N) is 1. The number of aromatic nitrogens is 2. The highest BCUT2D eigenvalue weighted by Gasteiger charge is 2.21. The second-order valence-electron chi connectivity index (χ2n) is 7.64. The average molecular weight is 406 g/mol. The number of aryl methyl sites for hydroxylation is 2. The maximum absolute atomic E-state index is 12.8. The first-order valence-corrected chi connectivity index (χ1v) is 9.85. The maximum atomic E-state index is 12.8. The van der Waals surface area contributed by atoms with Crippen molar-refractivity contribution in [2.24, 2.45) is 0 Å². The zero-order valence-electron chi connectivity index (χ0n) is 18.1. The van der Waals surface area contributed by atoms with Gasteiger partial charge in [0.1, 0.15) is 17.6 Å². The third kappa shape index (κ3) is 4.44. The van der Waals surface area contributed by atoms with Crippen molar-refractivity contribution in [3.63, 3.8) is 0 Å². The summed E-state index contributed by atoms with van der Waals surface area (Å²) < 4.78 is 7.19. The highest BCUT2D eigenvalue weighted by molar-refractivity contribution is 5.93. The summed E-state index contributed by atoms with van der Waals surface area (Å²) in [5, 5.41) is 16.6. The van der Waals surface area contributed by atoms with Crippen LogP contribution in [0.5, 0.6) is 0 Å². The van der Waals surface area contributed by atoms with Crippen molar-refractivity contribution in [1.29, 1.82) is 5.26 Å². The summed E-state index contributed by atoms with van der Waals surface area (Å²) in [4.78, 5) is 14.7. The van der Waals surface area contributed by atoms with Gasteiger partial charge in [0, 0.05) is 24.3 Å². The van der Waals surface area contributed by atoms with E-state index in [4.69, 9.17) is 4.52 Å². The van der Waals surface area contributed by atoms with Crippen LogP contribution in [0.25, 0.3) is 0 Å². The topological polar surface area (TPSA) is 87.1 Å². The van der Waals surface area contributed by atoms with Crippen LogP contribution in [0.1, 0.15) is 39.4 Å². The number of nitrogens with zero attached hydrogens (tertiary/aromatic N) is 4. The fourth-order valence-electron chi connectivity index (χ4n) is 3.56. The van der Waals surface area contributed by atoms with E-state index in [0.717, 1.165) is 33.8 Å². The van der Waals surface area contributed by atoms with Crippen molar-refractivity contribution in [3.05, 3.63) is 69.7 Å². The molecular weight excluding hydrogens is 378 g/mol. The molecule has 0 atom stereocenters. The number of rotatable bonds is 7. The average Bonchev–Trinajstić information content (AvgIpc) is 3.14. The zero-order valence-corrected chi connectivity index (χ0v) is 18.1. The van der Waals surface area contributed by atoms with Crippen LogP contribution in [-0.4, -0.2) is 34.1 Å². The molecule has 0 saturated carbocycles. The number of benzene rings is 1. The first-order chi connectivity index (χ1) is 14.3. The molecule has 7 nitrogen and oxygen atoms in total. The van der Waals surface area contributed by atoms with Crippen molar-refractivity contribution in [3.8, 4) is 6.07 Å². The fourth-order valence-corrected chi connectivity index (χ4v) is 3.56. The standard InChI is InChI=1S/C23H27N5O2/c1-15-17(3)28(12-19-9-7-6-8-10-19)23(20(15)11-24)25-22(29)14-27(5)13-21-16(2)26-30-18(21)4/h6-10H,12-14H2,1-5H3,(H,25,29). The molecule has 0 bridgehead atoms. The van der Waals surface area contributed by atoms with Crippen LogP contribution in [0, 0.1) is 39.0 Å². The quantitative estimate of drug-likeness (QED) is 0.648. The summed E-state index contributed by atoms with van der Waals surface area (Å²) in [7, 11) is 1.87. The van der Waals surface area contributed by atoms with Crippen LogP contribution >= 0.6 is 0 Å². The van der Waals surface area contributed by atoms with Crippen molar-refractivity contribution in [2.75, 3.05) is 18.9 Å². The number of likely N-dealkylation sites (N-methyl/N-ethyl adjacent to an activating group) is 1. The monoisotopic (exact) mass is 405 g/mol. The number of amides is 1. The fraction of sp³-hybridized carbons (Fsp3) is 0.348. The molecule has 3 aromatic rings. The van der Waals surface area contributed by atoms with Gasteiger partial charge in [0.15, 0.2) is 0 Å². The summed E-state index contributed by atoms with van der Waals surface area (Å²) in [6.07, 6.45) is 0. The molecule has 0 aliphatic heterocycles. The van der Waals surface area contributed by atoms with E-state index in [1.54, 1.807) is 0 Å². The van der Waals surface area contributed by atoms with E-state index in [1.807, 2.05) is 74.5 Å². The van der Waals surface area contributed by atoms with Gasteiger partial charge in [-0.2, -0.15) is 5.26 Å². The maximum Gasteiger partial charge on any atom is 0.239 e. The van der Waals surface area contributed by atoms with Gasteiger partial charge in [-0.15, -0.1) is 0 Å². The summed E-state index contributed by atoms with van der Waals surface area (Å²) in [5.41, 5.74) is 5.27. The zero-order chi connectivity index (χ0) is 21.8. The number of carbonyl (C=O) groups excluding carboxylic acids is 1. The van der Waals surface area contributed by atoms with Gasteiger partial charge in [-0.05, 0) is 45.9 Å². The van der Waals surface area contributed by atoms with E-state index < -0.39 is 0 Å². The van der Waals surface area contributed by atoms with Gasteiger partial charge in [0.2, 0.25) is 5.91 Å². The van der Waals surface area contributed by atoms with Crippen molar-refractivity contribution in [2.45, 2.75) is 40.8 Å². The van der Waals surface area contributed by atoms with Gasteiger partial charge in [-0.1, -0.05) is 35.5 Å². The normalized spacial score (nSPS) is 11.0. The largest absolute Gasteiger partial charge is 0.361 e. The summed E-state index contributed by atoms with van der Waals surface area (Å²) in [6.45, 7) is 8.96. The van der Waals surface area contributed by atoms with Crippen LogP contribution in [0.4, 0.5) is 5.82 Å². The third-order valence-electron chi connectivity index (χ3n) is 5.41. The molecule has 0 radical (unpaired) electrons. The molecule has 1 aromatic carbocycles. The van der Waals surface area contributed by atoms with Crippen LogP contribution in [0.3, 0.4) is 0 Å². The second-order valence-corrected chi connectivity index (χ2v) is 7.64. The Morgan fingerprint density at radius 2 is 1.93 bits per heavy atom. The number of hydrogen-bond donors (Lipinski definition) is 1. The molecular formula is C23H27N5O2. The Hall–Kier alpha value is -3.37. The van der Waals surface area contributed by atoms with Gasteiger partial charge in [0.05, 0.1) is 17.8 Å². The predicted molar refractivity (Wildman–Crippen MR) is 115 cm³/mol. The summed E-state index contributed by atoms with van der Waals surface area (Å²) >= 11 is 0. The Morgan fingerprint density at radius 3 is 2.53 bits per heavy atom. The smallest absolute Gasteiger partial charge is 0.239 e. The Balaban J connectivity index is 1.78. The molecule has 1 N–H and O–H groups in total. The highest BCUT2D eigenvalue weighted by Crippen LogP contribution is 2.27. The lowest BCUT2D eigenvalue weighted by Gasteiger charge is -2.17. The predicted octanol–water partition coefficient (Wildman–Crippen LogP) is 3.70. The Bertz CT molecular complexity index is 1070.